The van der Waals surface area contributed by atoms with Crippen LogP contribution >= 0.6 is 0 Å². The van der Waals surface area contributed by atoms with Crippen LogP contribution in [0.5, 0.6) is 0 Å². The molecule has 3 aromatic carbocycles. The number of carbonyl (C=O) groups is 2. The van der Waals surface area contributed by atoms with Crippen LogP contribution in [0, 0.1) is 0 Å². The van der Waals surface area contributed by atoms with Gasteiger partial charge in [0.25, 0.3) is 0 Å². The Morgan fingerprint density at radius 2 is 1.06 bits per heavy atom. The number of anilines is 3. The van der Waals surface area contributed by atoms with Gasteiger partial charge in [0.2, 0.25) is 0 Å². The summed E-state index contributed by atoms with van der Waals surface area (Å²) in [6, 6.07) is 25.8. The van der Waals surface area contributed by atoms with E-state index < -0.39 is 0 Å². The van der Waals surface area contributed by atoms with Crippen LogP contribution in [0.2, 0.25) is 0 Å². The summed E-state index contributed by atoms with van der Waals surface area (Å²) < 4.78 is 20.6. The SMILES string of the molecule is O=C(Cc1ccc(N(c2ccccc2)c2ccc(CC(=O)OCC3CO3)cc2)cc1)OCC1CO1. The van der Waals surface area contributed by atoms with E-state index in [9.17, 15) is 9.59 Å². The molecule has 0 aliphatic carbocycles. The van der Waals surface area contributed by atoms with Crippen molar-refractivity contribution in [3.8, 4) is 0 Å². The summed E-state index contributed by atoms with van der Waals surface area (Å²) in [5.74, 6) is -0.515. The summed E-state index contributed by atoms with van der Waals surface area (Å²) in [5.41, 5.74) is 4.68. The van der Waals surface area contributed by atoms with Gasteiger partial charge in [-0.1, -0.05) is 42.5 Å². The predicted molar refractivity (Wildman–Crippen MR) is 130 cm³/mol. The molecule has 2 fully saturated rings. The zero-order valence-corrected chi connectivity index (χ0v) is 19.3. The third kappa shape index (κ3) is 6.68. The van der Waals surface area contributed by atoms with Crippen LogP contribution in [0.1, 0.15) is 11.1 Å². The van der Waals surface area contributed by atoms with Crippen molar-refractivity contribution >= 4 is 29.0 Å². The zero-order valence-electron chi connectivity index (χ0n) is 19.3. The molecule has 2 saturated heterocycles. The number of hydrogen-bond donors (Lipinski definition) is 0. The number of hydrogen-bond acceptors (Lipinski definition) is 7. The van der Waals surface area contributed by atoms with Crippen molar-refractivity contribution in [3.63, 3.8) is 0 Å². The molecule has 7 heteroatoms. The smallest absolute Gasteiger partial charge is 0.310 e. The Bertz CT molecular complexity index is 1060. The number of carbonyl (C=O) groups excluding carboxylic acids is 2. The number of ether oxygens (including phenoxy) is 4. The molecule has 0 bridgehead atoms. The van der Waals surface area contributed by atoms with Crippen LogP contribution in [0.25, 0.3) is 0 Å². The van der Waals surface area contributed by atoms with E-state index in [1.165, 1.54) is 0 Å². The normalized spacial score (nSPS) is 17.9. The molecule has 0 amide bonds. The highest BCUT2D eigenvalue weighted by atomic mass is 16.6. The van der Waals surface area contributed by atoms with Crippen molar-refractivity contribution in [2.45, 2.75) is 25.0 Å². The molecule has 2 aliphatic rings. The van der Waals surface area contributed by atoms with Crippen LogP contribution in [0.3, 0.4) is 0 Å². The summed E-state index contributed by atoms with van der Waals surface area (Å²) in [7, 11) is 0. The molecule has 0 saturated carbocycles. The molecule has 0 radical (unpaired) electrons. The predicted octanol–water partition coefficient (Wildman–Crippen LogP) is 4.13. The monoisotopic (exact) mass is 473 g/mol. The fourth-order valence-electron chi connectivity index (χ4n) is 3.69. The summed E-state index contributed by atoms with van der Waals surface area (Å²) in [6.07, 6.45) is 0.566. The van der Waals surface area contributed by atoms with Crippen LogP contribution in [-0.2, 0) is 41.4 Å². The van der Waals surface area contributed by atoms with E-state index in [1.807, 2.05) is 78.9 Å². The second-order valence-corrected chi connectivity index (χ2v) is 8.63. The molecule has 3 aromatic rings. The van der Waals surface area contributed by atoms with Crippen LogP contribution in [0.4, 0.5) is 17.1 Å². The number of nitrogens with zero attached hydrogens (tertiary/aromatic N) is 1. The summed E-state index contributed by atoms with van der Waals surface area (Å²) in [4.78, 5) is 26.3. The Hall–Kier alpha value is -3.68. The highest BCUT2D eigenvalue weighted by molar-refractivity contribution is 5.78. The minimum Gasteiger partial charge on any atom is -0.463 e. The largest absolute Gasteiger partial charge is 0.463 e. The molecule has 0 spiro atoms. The van der Waals surface area contributed by atoms with Gasteiger partial charge in [-0.2, -0.15) is 0 Å². The van der Waals surface area contributed by atoms with Gasteiger partial charge in [-0.05, 0) is 47.5 Å². The van der Waals surface area contributed by atoms with Crippen LogP contribution < -0.4 is 4.90 Å². The van der Waals surface area contributed by atoms with E-state index in [0.29, 0.717) is 26.4 Å². The Kier molecular flexibility index (Phi) is 7.07. The van der Waals surface area contributed by atoms with Crippen molar-refractivity contribution in [2.24, 2.45) is 0 Å². The van der Waals surface area contributed by atoms with Crippen LogP contribution in [0.15, 0.2) is 78.9 Å². The molecule has 35 heavy (non-hydrogen) atoms. The molecule has 2 aliphatic heterocycles. The van der Waals surface area contributed by atoms with Crippen molar-refractivity contribution in [3.05, 3.63) is 90.0 Å². The number of para-hydroxylation sites is 1. The summed E-state index contributed by atoms with van der Waals surface area (Å²) in [6.45, 7) is 1.97. The molecule has 2 atom stereocenters. The maximum atomic E-state index is 12.1. The number of esters is 2. The van der Waals surface area contributed by atoms with E-state index in [2.05, 4.69) is 4.90 Å². The number of rotatable bonds is 11. The minimum absolute atomic E-state index is 0.0649. The van der Waals surface area contributed by atoms with Gasteiger partial charge in [0.1, 0.15) is 25.4 Å². The van der Waals surface area contributed by atoms with E-state index in [1.54, 1.807) is 0 Å². The molecular formula is C28H27NO6. The van der Waals surface area contributed by atoms with Gasteiger partial charge < -0.3 is 23.8 Å². The van der Waals surface area contributed by atoms with Crippen molar-refractivity contribution in [1.82, 2.24) is 0 Å². The second kappa shape index (κ2) is 10.7. The van der Waals surface area contributed by atoms with Gasteiger partial charge in [-0.3, -0.25) is 9.59 Å². The van der Waals surface area contributed by atoms with Crippen molar-refractivity contribution in [2.75, 3.05) is 31.3 Å². The third-order valence-corrected chi connectivity index (χ3v) is 5.77. The quantitative estimate of drug-likeness (QED) is 0.306. The van der Waals surface area contributed by atoms with Gasteiger partial charge in [-0.15, -0.1) is 0 Å². The standard InChI is InChI=1S/C28H27NO6/c30-27(34-18-25-16-32-25)14-20-6-10-23(11-7-20)29(22-4-2-1-3-5-22)24-12-8-21(9-13-24)15-28(31)35-19-26-17-33-26/h1-13,25-26H,14-19H2. The highest BCUT2D eigenvalue weighted by Crippen LogP contribution is 2.34. The summed E-state index contributed by atoms with van der Waals surface area (Å²) >= 11 is 0. The maximum absolute atomic E-state index is 12.1. The molecule has 5 rings (SSSR count). The lowest BCUT2D eigenvalue weighted by atomic mass is 10.1. The topological polar surface area (TPSA) is 80.9 Å². The molecule has 2 heterocycles. The van der Waals surface area contributed by atoms with E-state index in [0.717, 1.165) is 28.2 Å². The van der Waals surface area contributed by atoms with Gasteiger partial charge in [-0.25, -0.2) is 0 Å². The maximum Gasteiger partial charge on any atom is 0.310 e. The fraction of sp³-hybridized carbons (Fsp3) is 0.286. The lowest BCUT2D eigenvalue weighted by Crippen LogP contribution is -2.13. The molecule has 180 valence electrons. The van der Waals surface area contributed by atoms with Gasteiger partial charge >= 0.3 is 11.9 Å². The summed E-state index contributed by atoms with van der Waals surface area (Å²) in [5, 5.41) is 0. The van der Waals surface area contributed by atoms with Crippen LogP contribution in [-0.4, -0.2) is 50.6 Å². The fourth-order valence-corrected chi connectivity index (χ4v) is 3.69. The molecule has 0 aromatic heterocycles. The first-order valence-electron chi connectivity index (χ1n) is 11.7. The van der Waals surface area contributed by atoms with Crippen molar-refractivity contribution < 1.29 is 28.5 Å². The highest BCUT2D eigenvalue weighted by Gasteiger charge is 2.25. The Morgan fingerprint density at radius 1 is 0.657 bits per heavy atom. The number of benzene rings is 3. The van der Waals surface area contributed by atoms with E-state index in [-0.39, 0.29) is 37.0 Å². The molecule has 7 nitrogen and oxygen atoms in total. The zero-order chi connectivity index (χ0) is 24.0. The van der Waals surface area contributed by atoms with E-state index >= 15 is 0 Å². The first kappa shape index (κ1) is 23.1. The Morgan fingerprint density at radius 3 is 1.46 bits per heavy atom. The average Bonchev–Trinajstić information content (AvgIpc) is 3.80. The first-order valence-corrected chi connectivity index (χ1v) is 11.7. The average molecular weight is 474 g/mol. The van der Waals surface area contributed by atoms with Crippen molar-refractivity contribution in [1.29, 1.82) is 0 Å². The van der Waals surface area contributed by atoms with Gasteiger partial charge in [0.15, 0.2) is 0 Å². The minimum atomic E-state index is -0.257. The van der Waals surface area contributed by atoms with Gasteiger partial charge in [0.05, 0.1) is 26.1 Å². The third-order valence-electron chi connectivity index (χ3n) is 5.77. The molecule has 2 unspecified atom stereocenters. The second-order valence-electron chi connectivity index (χ2n) is 8.63. The van der Waals surface area contributed by atoms with E-state index in [4.69, 9.17) is 18.9 Å². The van der Waals surface area contributed by atoms with Gasteiger partial charge in [0, 0.05) is 17.1 Å². The number of epoxide rings is 2. The lowest BCUT2D eigenvalue weighted by molar-refractivity contribution is -0.144. The Balaban J connectivity index is 1.28. The molecular weight excluding hydrogens is 446 g/mol. The Labute approximate surface area is 204 Å². The lowest BCUT2D eigenvalue weighted by Gasteiger charge is -2.25. The molecule has 0 N–H and O–H groups in total. The first-order chi connectivity index (χ1) is 17.1.